The summed E-state index contributed by atoms with van der Waals surface area (Å²) in [5.74, 6) is 0.353. The Morgan fingerprint density at radius 2 is 1.52 bits per heavy atom. The van der Waals surface area contributed by atoms with Crippen molar-refractivity contribution in [3.05, 3.63) is 33.7 Å². The Kier molecular flexibility index (Phi) is 6.18. The van der Waals surface area contributed by atoms with E-state index in [1.165, 1.54) is 4.31 Å². The first kappa shape index (κ1) is 22.0. The fourth-order valence-electron chi connectivity index (χ4n) is 3.59. The SMILES string of the molecule is CCN1CC/C(=C/c2cc(CC(C)(C)C)c(O)c(CC(C)(C)C)c2)S1(=O)=O. The van der Waals surface area contributed by atoms with E-state index in [0.29, 0.717) is 30.2 Å². The lowest BCUT2D eigenvalue weighted by atomic mass is 9.83. The molecule has 27 heavy (non-hydrogen) atoms. The maximum Gasteiger partial charge on any atom is 0.239 e. The number of aromatic hydroxyl groups is 1. The van der Waals surface area contributed by atoms with Crippen LogP contribution < -0.4 is 0 Å². The van der Waals surface area contributed by atoms with Gasteiger partial charge in [0.25, 0.3) is 0 Å². The van der Waals surface area contributed by atoms with Crippen molar-refractivity contribution >= 4 is 16.1 Å². The van der Waals surface area contributed by atoms with Gasteiger partial charge in [0.1, 0.15) is 5.75 Å². The maximum absolute atomic E-state index is 12.6. The molecule has 1 aliphatic heterocycles. The zero-order valence-electron chi connectivity index (χ0n) is 17.9. The van der Waals surface area contributed by atoms with Crippen LogP contribution in [-0.4, -0.2) is 30.9 Å². The van der Waals surface area contributed by atoms with Gasteiger partial charge in [0.2, 0.25) is 10.0 Å². The largest absolute Gasteiger partial charge is 0.507 e. The van der Waals surface area contributed by atoms with Crippen molar-refractivity contribution in [2.24, 2.45) is 10.8 Å². The quantitative estimate of drug-likeness (QED) is 0.786. The minimum Gasteiger partial charge on any atom is -0.507 e. The number of hydrogen-bond acceptors (Lipinski definition) is 3. The van der Waals surface area contributed by atoms with Crippen LogP contribution in [0.3, 0.4) is 0 Å². The molecule has 0 unspecified atom stereocenters. The van der Waals surface area contributed by atoms with E-state index in [9.17, 15) is 13.5 Å². The van der Waals surface area contributed by atoms with Crippen LogP contribution in [0, 0.1) is 10.8 Å². The van der Waals surface area contributed by atoms with Gasteiger partial charge < -0.3 is 5.11 Å². The number of hydrogen-bond donors (Lipinski definition) is 1. The van der Waals surface area contributed by atoms with Crippen molar-refractivity contribution in [3.63, 3.8) is 0 Å². The number of phenols is 1. The Morgan fingerprint density at radius 1 is 1.04 bits per heavy atom. The van der Waals surface area contributed by atoms with Gasteiger partial charge in [-0.2, -0.15) is 4.31 Å². The standard InChI is InChI=1S/C22H35NO3S/c1-8-23-10-9-19(27(23,25)26)13-16-11-17(14-21(2,3)4)20(24)18(12-16)15-22(5,6)7/h11-13,24H,8-10,14-15H2,1-7H3/b19-13-. The molecule has 0 aromatic heterocycles. The molecule has 1 N–H and O–H groups in total. The molecule has 2 rings (SSSR count). The smallest absolute Gasteiger partial charge is 0.239 e. The van der Waals surface area contributed by atoms with Crippen molar-refractivity contribution in [3.8, 4) is 5.75 Å². The minimum absolute atomic E-state index is 0.0285. The molecule has 5 heteroatoms. The second-order valence-corrected chi connectivity index (χ2v) is 12.0. The molecular weight excluding hydrogens is 358 g/mol. The number of rotatable bonds is 4. The summed E-state index contributed by atoms with van der Waals surface area (Å²) in [6.07, 6.45) is 3.81. The summed E-state index contributed by atoms with van der Waals surface area (Å²) < 4.78 is 26.8. The van der Waals surface area contributed by atoms with Crippen LogP contribution in [0.15, 0.2) is 17.0 Å². The molecule has 1 fully saturated rings. The van der Waals surface area contributed by atoms with Crippen LogP contribution in [0.5, 0.6) is 5.75 Å². The molecule has 0 saturated carbocycles. The minimum atomic E-state index is -3.35. The summed E-state index contributed by atoms with van der Waals surface area (Å²) in [6, 6.07) is 3.90. The molecule has 1 saturated heterocycles. The lowest BCUT2D eigenvalue weighted by molar-refractivity contribution is 0.378. The van der Waals surface area contributed by atoms with Crippen LogP contribution in [0.1, 0.15) is 71.6 Å². The van der Waals surface area contributed by atoms with E-state index >= 15 is 0 Å². The van der Waals surface area contributed by atoms with Gasteiger partial charge in [-0.1, -0.05) is 48.5 Å². The van der Waals surface area contributed by atoms with Crippen molar-refractivity contribution in [2.45, 2.75) is 67.7 Å². The van der Waals surface area contributed by atoms with Gasteiger partial charge in [0.15, 0.2) is 0 Å². The third kappa shape index (κ3) is 5.58. The zero-order chi connectivity index (χ0) is 20.6. The van der Waals surface area contributed by atoms with E-state index in [1.807, 2.05) is 19.1 Å². The highest BCUT2D eigenvalue weighted by atomic mass is 32.2. The predicted molar refractivity (Wildman–Crippen MR) is 113 cm³/mol. The average molecular weight is 394 g/mol. The molecule has 1 heterocycles. The van der Waals surface area contributed by atoms with Gasteiger partial charge in [-0.3, -0.25) is 0 Å². The molecule has 1 aromatic carbocycles. The second-order valence-electron chi connectivity index (χ2n) is 10.0. The third-order valence-corrected chi connectivity index (χ3v) is 6.80. The lowest BCUT2D eigenvalue weighted by Crippen LogP contribution is -2.24. The van der Waals surface area contributed by atoms with E-state index in [-0.39, 0.29) is 10.8 Å². The molecule has 0 bridgehead atoms. The number of phenolic OH excluding ortho intramolecular Hbond substituents is 1. The molecule has 0 amide bonds. The highest BCUT2D eigenvalue weighted by Gasteiger charge is 2.32. The van der Waals surface area contributed by atoms with Crippen LogP contribution in [0.4, 0.5) is 0 Å². The first-order chi connectivity index (χ1) is 12.2. The Hall–Kier alpha value is -1.33. The van der Waals surface area contributed by atoms with Gasteiger partial charge in [-0.25, -0.2) is 8.42 Å². The van der Waals surface area contributed by atoms with E-state index in [0.717, 1.165) is 29.5 Å². The fraction of sp³-hybridized carbons (Fsp3) is 0.636. The average Bonchev–Trinajstić information content (AvgIpc) is 2.75. The summed E-state index contributed by atoms with van der Waals surface area (Å²) in [7, 11) is -3.35. The first-order valence-electron chi connectivity index (χ1n) is 9.78. The third-order valence-electron chi connectivity index (χ3n) is 4.69. The topological polar surface area (TPSA) is 57.6 Å². The summed E-state index contributed by atoms with van der Waals surface area (Å²) in [5, 5.41) is 10.8. The van der Waals surface area contributed by atoms with Crippen molar-refractivity contribution in [2.75, 3.05) is 13.1 Å². The second kappa shape index (κ2) is 7.59. The van der Waals surface area contributed by atoms with Gasteiger partial charge in [-0.15, -0.1) is 0 Å². The normalized spacial score (nSPS) is 19.7. The van der Waals surface area contributed by atoms with Gasteiger partial charge >= 0.3 is 0 Å². The van der Waals surface area contributed by atoms with Crippen molar-refractivity contribution < 1.29 is 13.5 Å². The Balaban J connectivity index is 2.55. The van der Waals surface area contributed by atoms with E-state index < -0.39 is 10.0 Å². The number of benzene rings is 1. The van der Waals surface area contributed by atoms with E-state index in [4.69, 9.17) is 0 Å². The van der Waals surface area contributed by atoms with Crippen LogP contribution in [-0.2, 0) is 22.9 Å². The molecule has 1 aliphatic rings. The maximum atomic E-state index is 12.6. The highest BCUT2D eigenvalue weighted by Crippen LogP contribution is 2.36. The number of nitrogens with zero attached hydrogens (tertiary/aromatic N) is 1. The molecule has 0 atom stereocenters. The predicted octanol–water partition coefficient (Wildman–Crippen LogP) is 4.97. The van der Waals surface area contributed by atoms with Crippen LogP contribution in [0.25, 0.3) is 6.08 Å². The van der Waals surface area contributed by atoms with Crippen molar-refractivity contribution in [1.29, 1.82) is 0 Å². The molecular formula is C22H35NO3S. The van der Waals surface area contributed by atoms with Crippen LogP contribution >= 0.6 is 0 Å². The van der Waals surface area contributed by atoms with Crippen LogP contribution in [0.2, 0.25) is 0 Å². The molecule has 0 radical (unpaired) electrons. The monoisotopic (exact) mass is 393 g/mol. The molecule has 152 valence electrons. The summed E-state index contributed by atoms with van der Waals surface area (Å²) >= 11 is 0. The zero-order valence-corrected chi connectivity index (χ0v) is 18.7. The fourth-order valence-corrected chi connectivity index (χ4v) is 5.23. The molecule has 0 aliphatic carbocycles. The van der Waals surface area contributed by atoms with Crippen molar-refractivity contribution in [1.82, 2.24) is 4.31 Å². The summed E-state index contributed by atoms with van der Waals surface area (Å²) in [6.45, 7) is 15.8. The van der Waals surface area contributed by atoms with Gasteiger partial charge in [0.05, 0.1) is 4.91 Å². The molecule has 4 nitrogen and oxygen atoms in total. The lowest BCUT2D eigenvalue weighted by Gasteiger charge is -2.23. The van der Waals surface area contributed by atoms with E-state index in [1.54, 1.807) is 6.08 Å². The number of sulfonamides is 1. The Bertz CT molecular complexity index is 787. The first-order valence-corrected chi connectivity index (χ1v) is 11.2. The van der Waals surface area contributed by atoms with Gasteiger partial charge in [-0.05, 0) is 65.0 Å². The summed E-state index contributed by atoms with van der Waals surface area (Å²) in [4.78, 5) is 0.471. The van der Waals surface area contributed by atoms with Gasteiger partial charge in [0, 0.05) is 13.1 Å². The Morgan fingerprint density at radius 3 is 1.89 bits per heavy atom. The molecule has 1 aromatic rings. The summed E-state index contributed by atoms with van der Waals surface area (Å²) in [5.41, 5.74) is 2.70. The highest BCUT2D eigenvalue weighted by molar-refractivity contribution is 7.93. The molecule has 0 spiro atoms. The Labute approximate surface area is 165 Å². The van der Waals surface area contributed by atoms with E-state index in [2.05, 4.69) is 41.5 Å².